The van der Waals surface area contributed by atoms with E-state index in [2.05, 4.69) is 4.90 Å². The molecule has 0 radical (unpaired) electrons. The molecule has 1 saturated heterocycles. The van der Waals surface area contributed by atoms with Gasteiger partial charge in [0.2, 0.25) is 0 Å². The number of hydrogen-bond acceptors (Lipinski definition) is 3. The van der Waals surface area contributed by atoms with Crippen molar-refractivity contribution in [2.45, 2.75) is 45.1 Å². The van der Waals surface area contributed by atoms with Crippen LogP contribution < -0.4 is 0 Å². The smallest absolute Gasteiger partial charge is 0.328 e. The highest BCUT2D eigenvalue weighted by atomic mass is 16.5. The molecule has 1 aromatic rings. The van der Waals surface area contributed by atoms with E-state index >= 15 is 0 Å². The van der Waals surface area contributed by atoms with Gasteiger partial charge in [0, 0.05) is 0 Å². The van der Waals surface area contributed by atoms with Gasteiger partial charge in [-0.25, -0.2) is 4.79 Å². The molecular formula is C17H25NO2. The highest BCUT2D eigenvalue weighted by Crippen LogP contribution is 2.25. The van der Waals surface area contributed by atoms with Gasteiger partial charge in [0.25, 0.3) is 0 Å². The lowest BCUT2D eigenvalue weighted by molar-refractivity contribution is -0.150. The molecule has 0 aromatic heterocycles. The van der Waals surface area contributed by atoms with Crippen LogP contribution in [0.5, 0.6) is 0 Å². The van der Waals surface area contributed by atoms with Crippen LogP contribution in [0.3, 0.4) is 0 Å². The van der Waals surface area contributed by atoms with Crippen molar-refractivity contribution in [1.82, 2.24) is 4.90 Å². The zero-order chi connectivity index (χ0) is 14.2. The first-order valence-corrected chi connectivity index (χ1v) is 7.78. The van der Waals surface area contributed by atoms with Gasteiger partial charge in [0.15, 0.2) is 0 Å². The number of esters is 1. The molecule has 1 unspecified atom stereocenters. The Morgan fingerprint density at radius 1 is 1.15 bits per heavy atom. The lowest BCUT2D eigenvalue weighted by Gasteiger charge is -2.29. The summed E-state index contributed by atoms with van der Waals surface area (Å²) in [5.74, 6) is -0.0973. The molecule has 3 nitrogen and oxygen atoms in total. The predicted molar refractivity (Wildman–Crippen MR) is 80.5 cm³/mol. The topological polar surface area (TPSA) is 29.5 Å². The third-order valence-corrected chi connectivity index (χ3v) is 3.79. The van der Waals surface area contributed by atoms with Gasteiger partial charge in [-0.15, -0.1) is 0 Å². The van der Waals surface area contributed by atoms with Gasteiger partial charge < -0.3 is 4.74 Å². The maximum Gasteiger partial charge on any atom is 0.328 e. The van der Waals surface area contributed by atoms with E-state index in [1.165, 1.54) is 25.7 Å². The predicted octanol–water partition coefficient (Wildman–Crippen LogP) is 3.56. The third kappa shape index (κ3) is 4.07. The Morgan fingerprint density at radius 3 is 2.40 bits per heavy atom. The maximum atomic E-state index is 12.5. The van der Waals surface area contributed by atoms with Crippen LogP contribution in [0.2, 0.25) is 0 Å². The molecule has 0 N–H and O–H groups in total. The number of carbonyl (C=O) groups excluding carboxylic acids is 1. The Hall–Kier alpha value is -1.35. The molecule has 0 amide bonds. The van der Waals surface area contributed by atoms with E-state index in [1.54, 1.807) is 0 Å². The van der Waals surface area contributed by atoms with Gasteiger partial charge in [0.05, 0.1) is 6.61 Å². The van der Waals surface area contributed by atoms with E-state index in [-0.39, 0.29) is 12.0 Å². The minimum absolute atomic E-state index is 0.0973. The van der Waals surface area contributed by atoms with Crippen molar-refractivity contribution in [3.8, 4) is 0 Å². The van der Waals surface area contributed by atoms with Gasteiger partial charge in [-0.3, -0.25) is 4.90 Å². The number of rotatable bonds is 5. The van der Waals surface area contributed by atoms with Crippen molar-refractivity contribution in [2.75, 3.05) is 19.7 Å². The Kier molecular flexibility index (Phi) is 6.06. The number of carbonyl (C=O) groups is 1. The Bertz CT molecular complexity index is 397. The van der Waals surface area contributed by atoms with E-state index in [4.69, 9.17) is 4.74 Å². The normalized spacial score (nSPS) is 18.2. The number of hydrogen-bond donors (Lipinski definition) is 0. The first kappa shape index (κ1) is 15.0. The standard InChI is InChI=1S/C17H25NO2/c1-2-14-20-17(19)16(15-10-6-5-7-11-15)18-12-8-3-4-9-13-18/h5-7,10-11,16H,2-4,8-9,12-14H2,1H3. The third-order valence-electron chi connectivity index (χ3n) is 3.79. The highest BCUT2D eigenvalue weighted by Gasteiger charge is 2.29. The fourth-order valence-electron chi connectivity index (χ4n) is 2.77. The number of benzene rings is 1. The molecule has 1 aliphatic rings. The summed E-state index contributed by atoms with van der Waals surface area (Å²) >= 11 is 0. The van der Waals surface area contributed by atoms with Gasteiger partial charge in [-0.1, -0.05) is 50.1 Å². The molecule has 1 fully saturated rings. The van der Waals surface area contributed by atoms with Gasteiger partial charge in [-0.2, -0.15) is 0 Å². The molecule has 0 aliphatic carbocycles. The first-order chi connectivity index (χ1) is 9.83. The summed E-state index contributed by atoms with van der Waals surface area (Å²) in [4.78, 5) is 14.7. The van der Waals surface area contributed by atoms with Crippen LogP contribution in [0.15, 0.2) is 30.3 Å². The molecule has 2 rings (SSSR count). The Balaban J connectivity index is 2.16. The van der Waals surface area contributed by atoms with Crippen LogP contribution >= 0.6 is 0 Å². The van der Waals surface area contributed by atoms with Crippen molar-refractivity contribution in [3.05, 3.63) is 35.9 Å². The molecule has 0 bridgehead atoms. The monoisotopic (exact) mass is 275 g/mol. The van der Waals surface area contributed by atoms with Gasteiger partial charge in [-0.05, 0) is 37.9 Å². The van der Waals surface area contributed by atoms with Crippen LogP contribution in [0.25, 0.3) is 0 Å². The van der Waals surface area contributed by atoms with Gasteiger partial charge in [0.1, 0.15) is 6.04 Å². The Morgan fingerprint density at radius 2 is 1.80 bits per heavy atom. The van der Waals surface area contributed by atoms with E-state index < -0.39 is 0 Å². The van der Waals surface area contributed by atoms with Crippen molar-refractivity contribution < 1.29 is 9.53 Å². The second-order valence-corrected chi connectivity index (χ2v) is 5.43. The van der Waals surface area contributed by atoms with Crippen molar-refractivity contribution in [3.63, 3.8) is 0 Å². The van der Waals surface area contributed by atoms with Gasteiger partial charge >= 0.3 is 5.97 Å². The fraction of sp³-hybridized carbons (Fsp3) is 0.588. The fourth-order valence-corrected chi connectivity index (χ4v) is 2.77. The van der Waals surface area contributed by atoms with E-state index in [0.717, 1.165) is 25.1 Å². The molecule has 0 spiro atoms. The summed E-state index contributed by atoms with van der Waals surface area (Å²) in [5.41, 5.74) is 1.05. The lowest BCUT2D eigenvalue weighted by atomic mass is 10.1. The lowest BCUT2D eigenvalue weighted by Crippen LogP contribution is -2.36. The largest absolute Gasteiger partial charge is 0.464 e. The quantitative estimate of drug-likeness (QED) is 0.770. The van der Waals surface area contributed by atoms with Crippen LogP contribution in [0.1, 0.15) is 50.6 Å². The molecule has 20 heavy (non-hydrogen) atoms. The second kappa shape index (κ2) is 8.05. The zero-order valence-electron chi connectivity index (χ0n) is 12.4. The minimum Gasteiger partial charge on any atom is -0.464 e. The number of ether oxygens (including phenoxy) is 1. The molecule has 1 atom stereocenters. The second-order valence-electron chi connectivity index (χ2n) is 5.43. The molecule has 110 valence electrons. The first-order valence-electron chi connectivity index (χ1n) is 7.78. The summed E-state index contributed by atoms with van der Waals surface area (Å²) in [7, 11) is 0. The highest BCUT2D eigenvalue weighted by molar-refractivity contribution is 5.77. The van der Waals surface area contributed by atoms with Crippen molar-refractivity contribution >= 4 is 5.97 Å². The van der Waals surface area contributed by atoms with Crippen LogP contribution in [-0.4, -0.2) is 30.6 Å². The molecular weight excluding hydrogens is 250 g/mol. The number of nitrogens with zero attached hydrogens (tertiary/aromatic N) is 1. The molecule has 3 heteroatoms. The van der Waals surface area contributed by atoms with E-state index in [9.17, 15) is 4.79 Å². The molecule has 1 aliphatic heterocycles. The average molecular weight is 275 g/mol. The summed E-state index contributed by atoms with van der Waals surface area (Å²) in [6.07, 6.45) is 5.74. The van der Waals surface area contributed by atoms with E-state index in [1.807, 2.05) is 37.3 Å². The molecule has 1 heterocycles. The summed E-state index contributed by atoms with van der Waals surface area (Å²) in [6.45, 7) is 4.51. The van der Waals surface area contributed by atoms with Crippen molar-refractivity contribution in [2.24, 2.45) is 0 Å². The zero-order valence-corrected chi connectivity index (χ0v) is 12.4. The SMILES string of the molecule is CCCOC(=O)C(c1ccccc1)N1CCCCCC1. The molecule has 1 aromatic carbocycles. The average Bonchev–Trinajstić information content (AvgIpc) is 2.76. The van der Waals surface area contributed by atoms with Crippen LogP contribution in [0.4, 0.5) is 0 Å². The number of likely N-dealkylation sites (tertiary alicyclic amines) is 1. The van der Waals surface area contributed by atoms with Crippen LogP contribution in [0, 0.1) is 0 Å². The summed E-state index contributed by atoms with van der Waals surface area (Å²) in [5, 5.41) is 0. The summed E-state index contributed by atoms with van der Waals surface area (Å²) < 4.78 is 5.42. The summed E-state index contributed by atoms with van der Waals surface area (Å²) in [6, 6.07) is 9.80. The molecule has 0 saturated carbocycles. The van der Waals surface area contributed by atoms with Crippen molar-refractivity contribution in [1.29, 1.82) is 0 Å². The van der Waals surface area contributed by atoms with E-state index in [0.29, 0.717) is 6.61 Å². The van der Waals surface area contributed by atoms with Crippen LogP contribution in [-0.2, 0) is 9.53 Å². The Labute approximate surface area is 121 Å². The maximum absolute atomic E-state index is 12.5. The minimum atomic E-state index is -0.235.